The first-order valence-corrected chi connectivity index (χ1v) is 6.30. The van der Waals surface area contributed by atoms with E-state index in [1.165, 1.54) is 5.56 Å². The van der Waals surface area contributed by atoms with E-state index in [-0.39, 0.29) is 0 Å². The first-order chi connectivity index (χ1) is 8.77. The quantitative estimate of drug-likeness (QED) is 0.827. The van der Waals surface area contributed by atoms with Gasteiger partial charge in [0.1, 0.15) is 0 Å². The molecule has 92 valence electrons. The second-order valence-corrected chi connectivity index (χ2v) is 4.54. The van der Waals surface area contributed by atoms with Crippen LogP contribution in [-0.4, -0.2) is 6.54 Å². The Hall–Kier alpha value is -2.02. The van der Waals surface area contributed by atoms with Crippen LogP contribution < -0.4 is 5.32 Å². The highest BCUT2D eigenvalue weighted by Crippen LogP contribution is 2.15. The lowest BCUT2D eigenvalue weighted by Crippen LogP contribution is -2.18. The Labute approximate surface area is 109 Å². The van der Waals surface area contributed by atoms with Gasteiger partial charge in [-0.05, 0) is 17.0 Å². The van der Waals surface area contributed by atoms with E-state index in [1.54, 1.807) is 0 Å². The van der Waals surface area contributed by atoms with Gasteiger partial charge in [0.05, 0.1) is 0 Å². The predicted octanol–water partition coefficient (Wildman–Crippen LogP) is 4.05. The van der Waals surface area contributed by atoms with Crippen LogP contribution >= 0.6 is 0 Å². The summed E-state index contributed by atoms with van der Waals surface area (Å²) in [4.78, 5) is 0. The number of benzene rings is 2. The molecule has 18 heavy (non-hydrogen) atoms. The molecule has 1 unspecified atom stereocenters. The highest BCUT2D eigenvalue weighted by atomic mass is 14.9. The first kappa shape index (κ1) is 12.4. The van der Waals surface area contributed by atoms with Crippen molar-refractivity contribution in [1.29, 1.82) is 0 Å². The lowest BCUT2D eigenvalue weighted by molar-refractivity contribution is 0.711. The van der Waals surface area contributed by atoms with Crippen LogP contribution in [0.15, 0.2) is 67.2 Å². The van der Waals surface area contributed by atoms with Gasteiger partial charge in [0.15, 0.2) is 0 Å². The van der Waals surface area contributed by atoms with Crippen molar-refractivity contribution in [2.75, 3.05) is 6.54 Å². The summed E-state index contributed by atoms with van der Waals surface area (Å²) in [5, 5.41) is 3.40. The summed E-state index contributed by atoms with van der Waals surface area (Å²) in [5.74, 6) is 0.478. The zero-order valence-electron chi connectivity index (χ0n) is 10.8. The summed E-state index contributed by atoms with van der Waals surface area (Å²) in [6.07, 6.45) is 0. The molecular formula is C17H19N. The number of nitrogens with one attached hydrogen (secondary N) is 1. The third kappa shape index (κ3) is 3.24. The maximum atomic E-state index is 4.08. The van der Waals surface area contributed by atoms with E-state index in [1.807, 2.05) is 24.3 Å². The molecular weight excluding hydrogens is 218 g/mol. The minimum absolute atomic E-state index is 0.478. The van der Waals surface area contributed by atoms with E-state index in [0.29, 0.717) is 5.92 Å². The van der Waals surface area contributed by atoms with Crippen LogP contribution in [0.3, 0.4) is 0 Å². The fourth-order valence-electron chi connectivity index (χ4n) is 1.92. The van der Waals surface area contributed by atoms with Crippen LogP contribution in [0.2, 0.25) is 0 Å². The van der Waals surface area contributed by atoms with E-state index in [2.05, 4.69) is 55.2 Å². The van der Waals surface area contributed by atoms with Gasteiger partial charge in [0.2, 0.25) is 0 Å². The zero-order chi connectivity index (χ0) is 12.8. The van der Waals surface area contributed by atoms with Crippen LogP contribution in [0.5, 0.6) is 0 Å². The third-order valence-electron chi connectivity index (χ3n) is 3.11. The Kier molecular flexibility index (Phi) is 4.19. The molecule has 0 amide bonds. The normalized spacial score (nSPS) is 11.8. The standard InChI is InChI=1S/C17H19N/c1-14(16-9-5-3-6-10-16)13-18-15(2)17-11-7-4-8-12-17/h3-12,14,18H,2,13H2,1H3. The van der Waals surface area contributed by atoms with E-state index < -0.39 is 0 Å². The van der Waals surface area contributed by atoms with Gasteiger partial charge < -0.3 is 5.32 Å². The van der Waals surface area contributed by atoms with Gasteiger partial charge in [0.25, 0.3) is 0 Å². The molecule has 0 saturated heterocycles. The highest BCUT2D eigenvalue weighted by molar-refractivity contribution is 5.61. The number of hydrogen-bond donors (Lipinski definition) is 1. The minimum atomic E-state index is 0.478. The lowest BCUT2D eigenvalue weighted by Gasteiger charge is -2.15. The Morgan fingerprint density at radius 3 is 2.17 bits per heavy atom. The first-order valence-electron chi connectivity index (χ1n) is 6.30. The van der Waals surface area contributed by atoms with Gasteiger partial charge in [-0.25, -0.2) is 0 Å². The van der Waals surface area contributed by atoms with Gasteiger partial charge in [-0.1, -0.05) is 74.2 Å². The van der Waals surface area contributed by atoms with Gasteiger partial charge in [-0.2, -0.15) is 0 Å². The average Bonchev–Trinajstić information content (AvgIpc) is 2.46. The van der Waals surface area contributed by atoms with Gasteiger partial charge in [0, 0.05) is 12.2 Å². The molecule has 1 N–H and O–H groups in total. The molecule has 2 aromatic rings. The third-order valence-corrected chi connectivity index (χ3v) is 3.11. The molecule has 0 aromatic heterocycles. The van der Waals surface area contributed by atoms with Crippen molar-refractivity contribution in [2.45, 2.75) is 12.8 Å². The summed E-state index contributed by atoms with van der Waals surface area (Å²) in [5.41, 5.74) is 3.49. The number of rotatable bonds is 5. The Bertz CT molecular complexity index is 488. The molecule has 0 bridgehead atoms. The lowest BCUT2D eigenvalue weighted by atomic mass is 10.0. The largest absolute Gasteiger partial charge is 0.384 e. The summed E-state index contributed by atoms with van der Waals surface area (Å²) in [7, 11) is 0. The van der Waals surface area contributed by atoms with Crippen molar-refractivity contribution < 1.29 is 0 Å². The van der Waals surface area contributed by atoms with E-state index in [9.17, 15) is 0 Å². The molecule has 1 atom stereocenters. The molecule has 1 nitrogen and oxygen atoms in total. The maximum Gasteiger partial charge on any atom is 0.0340 e. The zero-order valence-corrected chi connectivity index (χ0v) is 10.8. The summed E-state index contributed by atoms with van der Waals surface area (Å²) < 4.78 is 0. The van der Waals surface area contributed by atoms with Crippen molar-refractivity contribution in [3.8, 4) is 0 Å². The molecule has 0 aliphatic rings. The van der Waals surface area contributed by atoms with Crippen LogP contribution in [0.1, 0.15) is 24.0 Å². The summed E-state index contributed by atoms with van der Waals surface area (Å²) in [6.45, 7) is 7.20. The van der Waals surface area contributed by atoms with Crippen molar-refractivity contribution in [2.24, 2.45) is 0 Å². The Balaban J connectivity index is 1.91. The minimum Gasteiger partial charge on any atom is -0.384 e. The Morgan fingerprint density at radius 2 is 1.56 bits per heavy atom. The van der Waals surface area contributed by atoms with Crippen LogP contribution in [0.4, 0.5) is 0 Å². The van der Waals surface area contributed by atoms with Gasteiger partial charge in [-0.15, -0.1) is 0 Å². The molecule has 0 aliphatic heterocycles. The molecule has 0 fully saturated rings. The summed E-state index contributed by atoms with van der Waals surface area (Å²) in [6, 6.07) is 20.8. The summed E-state index contributed by atoms with van der Waals surface area (Å²) >= 11 is 0. The van der Waals surface area contributed by atoms with E-state index in [0.717, 1.165) is 17.8 Å². The van der Waals surface area contributed by atoms with Crippen molar-refractivity contribution >= 4 is 5.70 Å². The Morgan fingerprint density at radius 1 is 1.00 bits per heavy atom. The van der Waals surface area contributed by atoms with E-state index >= 15 is 0 Å². The molecule has 0 heterocycles. The van der Waals surface area contributed by atoms with Gasteiger partial charge in [-0.3, -0.25) is 0 Å². The molecule has 0 saturated carbocycles. The topological polar surface area (TPSA) is 12.0 Å². The van der Waals surface area contributed by atoms with Crippen LogP contribution in [-0.2, 0) is 0 Å². The second-order valence-electron chi connectivity index (χ2n) is 4.54. The van der Waals surface area contributed by atoms with Crippen molar-refractivity contribution in [3.63, 3.8) is 0 Å². The average molecular weight is 237 g/mol. The van der Waals surface area contributed by atoms with E-state index in [4.69, 9.17) is 0 Å². The fraction of sp³-hybridized carbons (Fsp3) is 0.176. The van der Waals surface area contributed by atoms with Gasteiger partial charge >= 0.3 is 0 Å². The molecule has 1 heteroatoms. The highest BCUT2D eigenvalue weighted by Gasteiger charge is 2.05. The number of hydrogen-bond acceptors (Lipinski definition) is 1. The van der Waals surface area contributed by atoms with Crippen LogP contribution in [0, 0.1) is 0 Å². The molecule has 2 aromatic carbocycles. The van der Waals surface area contributed by atoms with Crippen molar-refractivity contribution in [3.05, 3.63) is 78.4 Å². The SMILES string of the molecule is C=C(NCC(C)c1ccccc1)c1ccccc1. The monoisotopic (exact) mass is 237 g/mol. The molecule has 0 aliphatic carbocycles. The fourth-order valence-corrected chi connectivity index (χ4v) is 1.92. The maximum absolute atomic E-state index is 4.08. The smallest absolute Gasteiger partial charge is 0.0340 e. The second kappa shape index (κ2) is 6.06. The molecule has 2 rings (SSSR count). The molecule has 0 radical (unpaired) electrons. The predicted molar refractivity (Wildman–Crippen MR) is 78.3 cm³/mol. The van der Waals surface area contributed by atoms with Crippen LogP contribution in [0.25, 0.3) is 5.70 Å². The van der Waals surface area contributed by atoms with Crippen molar-refractivity contribution in [1.82, 2.24) is 5.32 Å². The molecule has 0 spiro atoms.